The average Bonchev–Trinajstić information content (AvgIpc) is 3.46. The molecule has 0 bridgehead atoms. The fraction of sp³-hybridized carbons (Fsp3) is 0.152. The van der Waals surface area contributed by atoms with Gasteiger partial charge in [0.05, 0.1) is 23.5 Å². The lowest BCUT2D eigenvalue weighted by Gasteiger charge is -2.28. The topological polar surface area (TPSA) is 42.3 Å². The molecule has 1 fully saturated rings. The number of para-hydroxylation sites is 1. The Morgan fingerprint density at radius 2 is 1.52 bits per heavy atom. The third kappa shape index (κ3) is 4.73. The lowest BCUT2D eigenvalue weighted by molar-refractivity contribution is 0.482. The molecule has 0 saturated carbocycles. The first-order valence-corrected chi connectivity index (χ1v) is 13.6. The predicted octanol–water partition coefficient (Wildman–Crippen LogP) is 7.91. The Balaban J connectivity index is 1.41. The van der Waals surface area contributed by atoms with Crippen LogP contribution in [0.25, 0.3) is 5.69 Å². The highest BCUT2D eigenvalue weighted by atomic mass is 32.1. The van der Waals surface area contributed by atoms with Crippen LogP contribution in [0.15, 0.2) is 103 Å². The first-order valence-electron chi connectivity index (χ1n) is 13.2. The zero-order chi connectivity index (χ0) is 27.8. The number of nitrogens with one attached hydrogen (secondary N) is 1. The van der Waals surface area contributed by atoms with Gasteiger partial charge in [-0.25, -0.2) is 4.39 Å². The summed E-state index contributed by atoms with van der Waals surface area (Å²) in [5.74, 6) is 1.25. The van der Waals surface area contributed by atoms with E-state index >= 15 is 0 Å². The molecule has 2 aromatic heterocycles. The smallest absolute Gasteiger partial charge is 0.174 e. The molecule has 0 radical (unpaired) electrons. The number of thiocarbonyl (C=S) groups is 1. The van der Waals surface area contributed by atoms with Crippen LogP contribution >= 0.6 is 12.2 Å². The molecule has 1 aliphatic rings. The minimum Gasteiger partial charge on any atom is -0.457 e. The lowest BCUT2D eigenvalue weighted by atomic mass is 9.96. The molecule has 1 saturated heterocycles. The third-order valence-electron chi connectivity index (χ3n) is 7.35. The minimum atomic E-state index is -0.266. The molecule has 5 aromatic rings. The summed E-state index contributed by atoms with van der Waals surface area (Å²) in [5.41, 5.74) is 6.45. The second-order valence-electron chi connectivity index (χ2n) is 10.0. The van der Waals surface area contributed by atoms with E-state index in [-0.39, 0.29) is 17.9 Å². The van der Waals surface area contributed by atoms with Gasteiger partial charge in [-0.3, -0.25) is 4.98 Å². The summed E-state index contributed by atoms with van der Waals surface area (Å²) in [4.78, 5) is 6.78. The Kier molecular flexibility index (Phi) is 6.82. The minimum absolute atomic E-state index is 0.202. The predicted molar refractivity (Wildman–Crippen MR) is 161 cm³/mol. The summed E-state index contributed by atoms with van der Waals surface area (Å²) in [6.07, 6.45) is 1.79. The highest BCUT2D eigenvalue weighted by Gasteiger charge is 2.42. The van der Waals surface area contributed by atoms with Crippen molar-refractivity contribution in [3.05, 3.63) is 137 Å². The van der Waals surface area contributed by atoms with Gasteiger partial charge < -0.3 is 19.5 Å². The number of hydrogen-bond acceptors (Lipinski definition) is 3. The van der Waals surface area contributed by atoms with Gasteiger partial charge in [0.15, 0.2) is 5.11 Å². The van der Waals surface area contributed by atoms with Crippen molar-refractivity contribution in [2.45, 2.75) is 32.9 Å². The van der Waals surface area contributed by atoms with E-state index < -0.39 is 0 Å². The van der Waals surface area contributed by atoms with E-state index in [0.29, 0.717) is 10.8 Å². The van der Waals surface area contributed by atoms with Crippen LogP contribution in [0.2, 0.25) is 0 Å². The van der Waals surface area contributed by atoms with E-state index in [0.717, 1.165) is 39.8 Å². The van der Waals surface area contributed by atoms with Gasteiger partial charge >= 0.3 is 0 Å². The van der Waals surface area contributed by atoms with Crippen molar-refractivity contribution < 1.29 is 9.13 Å². The van der Waals surface area contributed by atoms with Crippen LogP contribution in [0, 0.1) is 26.6 Å². The van der Waals surface area contributed by atoms with Crippen molar-refractivity contribution in [3.63, 3.8) is 0 Å². The molecule has 200 valence electrons. The molecular weight excluding hydrogens is 519 g/mol. The summed E-state index contributed by atoms with van der Waals surface area (Å²) in [5, 5.41) is 4.11. The molecule has 2 atom stereocenters. The van der Waals surface area contributed by atoms with Gasteiger partial charge in [-0.15, -0.1) is 0 Å². The summed E-state index contributed by atoms with van der Waals surface area (Å²) in [7, 11) is 0. The molecule has 2 unspecified atom stereocenters. The van der Waals surface area contributed by atoms with Crippen LogP contribution in [0.3, 0.4) is 0 Å². The number of ether oxygens (including phenoxy) is 1. The van der Waals surface area contributed by atoms with Crippen molar-refractivity contribution in [1.82, 2.24) is 14.9 Å². The molecule has 1 N–H and O–H groups in total. The molecular formula is C33H29FN4OS. The van der Waals surface area contributed by atoms with E-state index in [9.17, 15) is 4.39 Å². The van der Waals surface area contributed by atoms with Gasteiger partial charge in [-0.2, -0.15) is 0 Å². The van der Waals surface area contributed by atoms with Gasteiger partial charge in [0.25, 0.3) is 0 Å². The number of aryl methyl sites for hydroxylation is 2. The lowest BCUT2D eigenvalue weighted by Crippen LogP contribution is -2.29. The first-order chi connectivity index (χ1) is 19.4. The standard InChI is InChI=1S/C33H29FN4OS/c1-21-11-15-25(16-12-21)39-26-17-13-24(14-18-26)38-32(31(36-33(38)40)29-9-6-7-19-35-29)27-20-22(2)37(23(27)3)30-10-5-4-8-28(30)34/h4-20,31-32H,1-3H3,(H,36,40). The Bertz CT molecular complexity index is 1670. The third-order valence-corrected chi connectivity index (χ3v) is 7.67. The van der Waals surface area contributed by atoms with Gasteiger partial charge in [0, 0.05) is 23.3 Å². The van der Waals surface area contributed by atoms with Crippen LogP contribution in [0.5, 0.6) is 11.5 Å². The number of nitrogens with zero attached hydrogens (tertiary/aromatic N) is 3. The zero-order valence-electron chi connectivity index (χ0n) is 22.5. The molecule has 0 amide bonds. The molecule has 0 aliphatic carbocycles. The molecule has 7 heteroatoms. The Morgan fingerprint density at radius 1 is 0.850 bits per heavy atom. The maximum atomic E-state index is 14.9. The average molecular weight is 549 g/mol. The summed E-state index contributed by atoms with van der Waals surface area (Å²) < 4.78 is 22.9. The fourth-order valence-corrected chi connectivity index (χ4v) is 5.80. The highest BCUT2D eigenvalue weighted by molar-refractivity contribution is 7.80. The molecule has 40 heavy (non-hydrogen) atoms. The summed E-state index contributed by atoms with van der Waals surface area (Å²) in [6.45, 7) is 6.08. The molecule has 1 aliphatic heterocycles. The molecule has 3 heterocycles. The van der Waals surface area contributed by atoms with Crippen molar-refractivity contribution >= 4 is 23.0 Å². The van der Waals surface area contributed by atoms with E-state index in [1.807, 2.05) is 98.1 Å². The van der Waals surface area contributed by atoms with Crippen LogP contribution in [0.4, 0.5) is 10.1 Å². The number of aromatic nitrogens is 2. The summed E-state index contributed by atoms with van der Waals surface area (Å²) in [6, 6.07) is 30.4. The van der Waals surface area contributed by atoms with Crippen molar-refractivity contribution in [2.24, 2.45) is 0 Å². The largest absolute Gasteiger partial charge is 0.457 e. The number of benzene rings is 3. The molecule has 6 rings (SSSR count). The summed E-state index contributed by atoms with van der Waals surface area (Å²) >= 11 is 5.91. The van der Waals surface area contributed by atoms with Crippen LogP contribution < -0.4 is 15.0 Å². The molecule has 5 nitrogen and oxygen atoms in total. The van der Waals surface area contributed by atoms with Gasteiger partial charge in [-0.05, 0) is 105 Å². The zero-order valence-corrected chi connectivity index (χ0v) is 23.3. The first kappa shape index (κ1) is 25.8. The maximum absolute atomic E-state index is 14.9. The van der Waals surface area contributed by atoms with E-state index in [1.165, 1.54) is 11.6 Å². The Morgan fingerprint density at radius 3 is 2.20 bits per heavy atom. The van der Waals surface area contributed by atoms with E-state index in [1.54, 1.807) is 18.3 Å². The molecule has 3 aromatic carbocycles. The van der Waals surface area contributed by atoms with Gasteiger partial charge in [-0.1, -0.05) is 35.9 Å². The number of hydrogen-bond donors (Lipinski definition) is 1. The number of anilines is 1. The molecule has 0 spiro atoms. The van der Waals surface area contributed by atoms with Crippen molar-refractivity contribution in [2.75, 3.05) is 4.90 Å². The van der Waals surface area contributed by atoms with Crippen LogP contribution in [0.1, 0.15) is 40.3 Å². The number of halogens is 1. The monoisotopic (exact) mass is 548 g/mol. The fourth-order valence-electron chi connectivity index (χ4n) is 5.46. The van der Waals surface area contributed by atoms with E-state index in [2.05, 4.69) is 21.3 Å². The van der Waals surface area contributed by atoms with Gasteiger partial charge in [0.1, 0.15) is 17.3 Å². The quantitative estimate of drug-likeness (QED) is 0.219. The van der Waals surface area contributed by atoms with E-state index in [4.69, 9.17) is 17.0 Å². The SMILES string of the molecule is Cc1ccc(Oc2ccc(N3C(=S)NC(c4ccccn4)C3c3cc(C)n(-c4ccccc4F)c3C)cc2)cc1. The highest BCUT2D eigenvalue weighted by Crippen LogP contribution is 2.44. The van der Waals surface area contributed by atoms with Crippen molar-refractivity contribution in [3.8, 4) is 17.2 Å². The maximum Gasteiger partial charge on any atom is 0.174 e. The number of rotatable bonds is 6. The van der Waals surface area contributed by atoms with Crippen LogP contribution in [-0.2, 0) is 0 Å². The van der Waals surface area contributed by atoms with Crippen molar-refractivity contribution in [1.29, 1.82) is 0 Å². The second kappa shape index (κ2) is 10.6. The van der Waals surface area contributed by atoms with Crippen LogP contribution in [-0.4, -0.2) is 14.7 Å². The second-order valence-corrected chi connectivity index (χ2v) is 10.4. The number of pyridine rings is 1. The Labute approximate surface area is 238 Å². The van der Waals surface area contributed by atoms with Gasteiger partial charge in [0.2, 0.25) is 0 Å². The normalized spacial score (nSPS) is 16.7. The Hall–Kier alpha value is -4.49.